The normalized spacial score (nSPS) is 10.8. The maximum atomic E-state index is 12.4. The summed E-state index contributed by atoms with van der Waals surface area (Å²) in [7, 11) is 0. The highest BCUT2D eigenvalue weighted by atomic mass is 32.2. The van der Waals surface area contributed by atoms with E-state index >= 15 is 0 Å². The number of rotatable bonds is 7. The number of aryl methyl sites for hydroxylation is 2. The van der Waals surface area contributed by atoms with Gasteiger partial charge in [0.25, 0.3) is 5.22 Å². The van der Waals surface area contributed by atoms with Crippen molar-refractivity contribution < 1.29 is 18.7 Å². The van der Waals surface area contributed by atoms with Crippen molar-refractivity contribution >= 4 is 40.0 Å². The van der Waals surface area contributed by atoms with Crippen LogP contribution in [0.4, 0.5) is 5.00 Å². The van der Waals surface area contributed by atoms with Crippen LogP contribution in [0.5, 0.6) is 0 Å². The number of hydrogen-bond donors (Lipinski definition) is 1. The maximum absolute atomic E-state index is 12.4. The fraction of sp³-hybridized carbons (Fsp3) is 0.300. The van der Waals surface area contributed by atoms with Gasteiger partial charge in [-0.05, 0) is 45.4 Å². The van der Waals surface area contributed by atoms with Gasteiger partial charge in [0.05, 0.1) is 17.9 Å². The Labute approximate surface area is 176 Å². The van der Waals surface area contributed by atoms with Crippen LogP contribution in [0.15, 0.2) is 33.9 Å². The number of thiophene rings is 1. The van der Waals surface area contributed by atoms with Gasteiger partial charge in [-0.15, -0.1) is 21.5 Å². The first kappa shape index (κ1) is 21.1. The fourth-order valence-electron chi connectivity index (χ4n) is 2.53. The van der Waals surface area contributed by atoms with E-state index in [0.717, 1.165) is 33.3 Å². The second-order valence-corrected chi connectivity index (χ2v) is 8.44. The molecule has 7 nitrogen and oxygen atoms in total. The van der Waals surface area contributed by atoms with Crippen molar-refractivity contribution in [3.8, 4) is 11.5 Å². The molecule has 2 aromatic heterocycles. The predicted octanol–water partition coefficient (Wildman–Crippen LogP) is 4.63. The van der Waals surface area contributed by atoms with E-state index in [1.165, 1.54) is 11.3 Å². The molecule has 0 saturated heterocycles. The van der Waals surface area contributed by atoms with Gasteiger partial charge in [-0.3, -0.25) is 4.79 Å². The van der Waals surface area contributed by atoms with E-state index in [-0.39, 0.29) is 18.3 Å². The highest BCUT2D eigenvalue weighted by Gasteiger charge is 2.22. The van der Waals surface area contributed by atoms with Crippen LogP contribution in [0.25, 0.3) is 11.5 Å². The second-order valence-electron chi connectivity index (χ2n) is 6.28. The predicted molar refractivity (Wildman–Crippen MR) is 114 cm³/mol. The third kappa shape index (κ3) is 5.04. The molecule has 3 aromatic rings. The number of aromatic nitrogens is 2. The molecular formula is C20H21N3O4S2. The Kier molecular flexibility index (Phi) is 6.71. The average molecular weight is 432 g/mol. The van der Waals surface area contributed by atoms with Gasteiger partial charge in [0, 0.05) is 10.4 Å². The van der Waals surface area contributed by atoms with Gasteiger partial charge < -0.3 is 14.5 Å². The fourth-order valence-corrected chi connectivity index (χ4v) is 4.16. The number of thioether (sulfide) groups is 1. The van der Waals surface area contributed by atoms with Gasteiger partial charge >= 0.3 is 5.97 Å². The molecule has 2 heterocycles. The molecule has 0 saturated carbocycles. The molecule has 29 heavy (non-hydrogen) atoms. The highest BCUT2D eigenvalue weighted by molar-refractivity contribution is 7.99. The second kappa shape index (κ2) is 9.23. The van der Waals surface area contributed by atoms with Crippen LogP contribution in [0, 0.1) is 20.8 Å². The minimum atomic E-state index is -0.433. The van der Waals surface area contributed by atoms with E-state index in [9.17, 15) is 9.59 Å². The van der Waals surface area contributed by atoms with Crippen molar-refractivity contribution in [2.75, 3.05) is 17.7 Å². The van der Waals surface area contributed by atoms with E-state index in [2.05, 4.69) is 15.5 Å². The number of nitrogens with one attached hydrogen (secondary N) is 1. The lowest BCUT2D eigenvalue weighted by molar-refractivity contribution is -0.113. The summed E-state index contributed by atoms with van der Waals surface area (Å²) in [6.45, 7) is 7.76. The topological polar surface area (TPSA) is 94.3 Å². The minimum Gasteiger partial charge on any atom is -0.462 e. The molecule has 1 N–H and O–H groups in total. The number of amides is 1. The third-order valence-corrected chi connectivity index (χ3v) is 6.09. The van der Waals surface area contributed by atoms with Gasteiger partial charge in [0.2, 0.25) is 11.8 Å². The molecule has 3 rings (SSSR count). The number of esters is 1. The first-order valence-corrected chi connectivity index (χ1v) is 10.8. The molecule has 9 heteroatoms. The Morgan fingerprint density at radius 1 is 1.17 bits per heavy atom. The van der Waals surface area contributed by atoms with Crippen molar-refractivity contribution in [3.63, 3.8) is 0 Å². The van der Waals surface area contributed by atoms with Crippen molar-refractivity contribution in [2.24, 2.45) is 0 Å². The van der Waals surface area contributed by atoms with Crippen LogP contribution >= 0.6 is 23.1 Å². The number of hydrogen-bond acceptors (Lipinski definition) is 8. The smallest absolute Gasteiger partial charge is 0.341 e. The van der Waals surface area contributed by atoms with Crippen molar-refractivity contribution in [1.82, 2.24) is 10.2 Å². The number of ether oxygens (including phenoxy) is 1. The number of nitrogens with zero attached hydrogens (tertiary/aromatic N) is 2. The molecular weight excluding hydrogens is 410 g/mol. The summed E-state index contributed by atoms with van der Waals surface area (Å²) in [5.41, 5.74) is 3.19. The van der Waals surface area contributed by atoms with E-state index in [4.69, 9.17) is 9.15 Å². The molecule has 0 fully saturated rings. The lowest BCUT2D eigenvalue weighted by atomic mass is 10.1. The molecule has 0 aliphatic heterocycles. The largest absolute Gasteiger partial charge is 0.462 e. The summed E-state index contributed by atoms with van der Waals surface area (Å²) in [4.78, 5) is 25.6. The molecule has 0 atom stereocenters. The van der Waals surface area contributed by atoms with Gasteiger partial charge in [-0.1, -0.05) is 29.5 Å². The van der Waals surface area contributed by atoms with Crippen LogP contribution in [0.2, 0.25) is 0 Å². The van der Waals surface area contributed by atoms with Crippen LogP contribution in [-0.2, 0) is 9.53 Å². The number of benzene rings is 1. The van der Waals surface area contributed by atoms with Gasteiger partial charge in [0.1, 0.15) is 5.00 Å². The van der Waals surface area contributed by atoms with Gasteiger partial charge in [-0.2, -0.15) is 0 Å². The first-order chi connectivity index (χ1) is 13.9. The Bertz CT molecular complexity index is 1030. The summed E-state index contributed by atoms with van der Waals surface area (Å²) in [6, 6.07) is 7.74. The summed E-state index contributed by atoms with van der Waals surface area (Å²) in [5, 5.41) is 11.6. The maximum Gasteiger partial charge on any atom is 0.341 e. The molecule has 0 spiro atoms. The molecule has 0 aliphatic carbocycles. The lowest BCUT2D eigenvalue weighted by Gasteiger charge is -2.06. The van der Waals surface area contributed by atoms with E-state index < -0.39 is 5.97 Å². The van der Waals surface area contributed by atoms with Crippen LogP contribution in [-0.4, -0.2) is 34.4 Å². The minimum absolute atomic E-state index is 0.0772. The number of carbonyl (C=O) groups is 2. The Hall–Kier alpha value is -2.65. The monoisotopic (exact) mass is 431 g/mol. The highest BCUT2D eigenvalue weighted by Crippen LogP contribution is 2.33. The van der Waals surface area contributed by atoms with E-state index in [0.29, 0.717) is 21.7 Å². The number of anilines is 1. The average Bonchev–Trinajstić information content (AvgIpc) is 3.26. The zero-order valence-corrected chi connectivity index (χ0v) is 18.2. The molecule has 0 bridgehead atoms. The van der Waals surface area contributed by atoms with Crippen LogP contribution in [0.1, 0.15) is 33.3 Å². The summed E-state index contributed by atoms with van der Waals surface area (Å²) >= 11 is 2.49. The summed E-state index contributed by atoms with van der Waals surface area (Å²) in [5.74, 6) is -0.218. The molecule has 0 radical (unpaired) electrons. The molecule has 0 aliphatic rings. The molecule has 1 aromatic carbocycles. The zero-order chi connectivity index (χ0) is 21.0. The van der Waals surface area contributed by atoms with Crippen LogP contribution in [0.3, 0.4) is 0 Å². The van der Waals surface area contributed by atoms with Gasteiger partial charge in [-0.25, -0.2) is 4.79 Å². The summed E-state index contributed by atoms with van der Waals surface area (Å²) < 4.78 is 10.7. The Balaban J connectivity index is 1.63. The first-order valence-electron chi connectivity index (χ1n) is 8.99. The summed E-state index contributed by atoms with van der Waals surface area (Å²) in [6.07, 6.45) is 0. The molecule has 1 amide bonds. The van der Waals surface area contributed by atoms with Crippen molar-refractivity contribution in [1.29, 1.82) is 0 Å². The van der Waals surface area contributed by atoms with Crippen LogP contribution < -0.4 is 5.32 Å². The quantitative estimate of drug-likeness (QED) is 0.430. The Morgan fingerprint density at radius 3 is 2.59 bits per heavy atom. The molecule has 152 valence electrons. The van der Waals surface area contributed by atoms with E-state index in [1.807, 2.05) is 45.0 Å². The zero-order valence-electron chi connectivity index (χ0n) is 16.6. The van der Waals surface area contributed by atoms with Gasteiger partial charge in [0.15, 0.2) is 0 Å². The van der Waals surface area contributed by atoms with E-state index in [1.54, 1.807) is 6.92 Å². The molecule has 0 unspecified atom stereocenters. The lowest BCUT2D eigenvalue weighted by Crippen LogP contribution is -2.16. The number of carbonyl (C=O) groups excluding carboxylic acids is 2. The SMILES string of the molecule is CCOC(=O)c1c(NC(=O)CSc2nnc(-c3ccc(C)cc3)o2)sc(C)c1C. The van der Waals surface area contributed by atoms with Crippen molar-refractivity contribution in [3.05, 3.63) is 45.8 Å². The van der Waals surface area contributed by atoms with Crippen molar-refractivity contribution in [2.45, 2.75) is 32.9 Å². The third-order valence-electron chi connectivity index (χ3n) is 4.15. The Morgan fingerprint density at radius 2 is 1.90 bits per heavy atom. The standard InChI is InChI=1S/C20H21N3O4S2/c1-5-26-19(25)16-12(3)13(4)29-18(16)21-15(24)10-28-20-23-22-17(27-20)14-8-6-11(2)7-9-14/h6-9H,5,10H2,1-4H3,(H,21,24).